The van der Waals surface area contributed by atoms with Crippen LogP contribution in [0.15, 0.2) is 24.5 Å². The lowest BCUT2D eigenvalue weighted by atomic mass is 9.84. The van der Waals surface area contributed by atoms with E-state index in [-0.39, 0.29) is 11.6 Å². The second kappa shape index (κ2) is 6.72. The molecular formula is C14H24N2O. The third kappa shape index (κ3) is 3.05. The summed E-state index contributed by atoms with van der Waals surface area (Å²) >= 11 is 0. The van der Waals surface area contributed by atoms with Crippen molar-refractivity contribution < 1.29 is 4.74 Å². The highest BCUT2D eigenvalue weighted by molar-refractivity contribution is 5.18. The van der Waals surface area contributed by atoms with Crippen molar-refractivity contribution in [2.24, 2.45) is 0 Å². The predicted molar refractivity (Wildman–Crippen MR) is 71.0 cm³/mol. The zero-order valence-electron chi connectivity index (χ0n) is 11.4. The molecule has 0 saturated heterocycles. The Morgan fingerprint density at radius 3 is 2.47 bits per heavy atom. The first-order chi connectivity index (χ1) is 8.24. The highest BCUT2D eigenvalue weighted by Crippen LogP contribution is 2.34. The highest BCUT2D eigenvalue weighted by atomic mass is 16.5. The minimum absolute atomic E-state index is 0.154. The van der Waals surface area contributed by atoms with Crippen LogP contribution < -0.4 is 5.32 Å². The Labute approximate surface area is 105 Å². The standard InChI is InChI=1S/C14H24N2O/c1-5-14(6-2,17-4)13(16-7-3)12-9-8-10-15-11-12/h8-11,13,16H,5-7H2,1-4H3. The molecule has 1 heterocycles. The van der Waals surface area contributed by atoms with Crippen LogP contribution in [0.3, 0.4) is 0 Å². The maximum absolute atomic E-state index is 5.82. The van der Waals surface area contributed by atoms with Gasteiger partial charge in [0.25, 0.3) is 0 Å². The van der Waals surface area contributed by atoms with E-state index in [1.54, 1.807) is 13.3 Å². The van der Waals surface area contributed by atoms with Crippen molar-refractivity contribution in [3.8, 4) is 0 Å². The van der Waals surface area contributed by atoms with Crippen molar-refractivity contribution in [1.82, 2.24) is 10.3 Å². The molecule has 1 aromatic heterocycles. The van der Waals surface area contributed by atoms with Crippen molar-refractivity contribution in [3.05, 3.63) is 30.1 Å². The Kier molecular flexibility index (Phi) is 5.59. The van der Waals surface area contributed by atoms with Gasteiger partial charge in [-0.2, -0.15) is 0 Å². The summed E-state index contributed by atoms with van der Waals surface area (Å²) in [6, 6.07) is 4.28. The van der Waals surface area contributed by atoms with Crippen molar-refractivity contribution in [3.63, 3.8) is 0 Å². The number of pyridine rings is 1. The summed E-state index contributed by atoms with van der Waals surface area (Å²) < 4.78 is 5.82. The molecule has 0 spiro atoms. The molecule has 0 aromatic carbocycles. The van der Waals surface area contributed by atoms with Gasteiger partial charge in [-0.1, -0.05) is 26.8 Å². The quantitative estimate of drug-likeness (QED) is 0.790. The number of nitrogens with one attached hydrogen (secondary N) is 1. The van der Waals surface area contributed by atoms with E-state index in [2.05, 4.69) is 37.1 Å². The summed E-state index contributed by atoms with van der Waals surface area (Å²) in [4.78, 5) is 4.21. The maximum Gasteiger partial charge on any atom is 0.0867 e. The first-order valence-electron chi connectivity index (χ1n) is 6.42. The number of aromatic nitrogens is 1. The monoisotopic (exact) mass is 236 g/mol. The molecule has 1 N–H and O–H groups in total. The second-order valence-corrected chi connectivity index (χ2v) is 4.25. The van der Waals surface area contributed by atoms with Crippen LogP contribution >= 0.6 is 0 Å². The number of hydrogen-bond acceptors (Lipinski definition) is 3. The van der Waals surface area contributed by atoms with E-state index in [4.69, 9.17) is 4.74 Å². The number of methoxy groups -OCH3 is 1. The lowest BCUT2D eigenvalue weighted by molar-refractivity contribution is -0.0483. The van der Waals surface area contributed by atoms with Gasteiger partial charge in [-0.3, -0.25) is 4.98 Å². The molecule has 0 fully saturated rings. The van der Waals surface area contributed by atoms with E-state index in [1.807, 2.05) is 12.3 Å². The van der Waals surface area contributed by atoms with E-state index in [9.17, 15) is 0 Å². The van der Waals surface area contributed by atoms with Crippen LogP contribution in [0.1, 0.15) is 45.2 Å². The van der Waals surface area contributed by atoms with Gasteiger partial charge in [-0.25, -0.2) is 0 Å². The van der Waals surface area contributed by atoms with Crippen molar-refractivity contribution in [2.75, 3.05) is 13.7 Å². The van der Waals surface area contributed by atoms with Crippen LogP contribution in [0.2, 0.25) is 0 Å². The van der Waals surface area contributed by atoms with Gasteiger partial charge in [0, 0.05) is 19.5 Å². The van der Waals surface area contributed by atoms with Gasteiger partial charge in [0.15, 0.2) is 0 Å². The molecule has 96 valence electrons. The van der Waals surface area contributed by atoms with Crippen molar-refractivity contribution >= 4 is 0 Å². The first-order valence-corrected chi connectivity index (χ1v) is 6.42. The molecule has 0 amide bonds. The van der Waals surface area contributed by atoms with Gasteiger partial charge in [-0.05, 0) is 31.0 Å². The highest BCUT2D eigenvalue weighted by Gasteiger charge is 2.36. The Balaban J connectivity index is 3.07. The molecule has 3 heteroatoms. The largest absolute Gasteiger partial charge is 0.376 e. The summed E-state index contributed by atoms with van der Waals surface area (Å²) in [5.74, 6) is 0. The predicted octanol–water partition coefficient (Wildman–Crippen LogP) is 2.94. The number of nitrogens with zero attached hydrogens (tertiary/aromatic N) is 1. The van der Waals surface area contributed by atoms with Gasteiger partial charge in [-0.15, -0.1) is 0 Å². The zero-order chi connectivity index (χ0) is 12.7. The average molecular weight is 236 g/mol. The molecule has 0 aliphatic carbocycles. The average Bonchev–Trinajstić information content (AvgIpc) is 2.41. The van der Waals surface area contributed by atoms with Crippen LogP contribution in [0, 0.1) is 0 Å². The number of hydrogen-bond donors (Lipinski definition) is 1. The third-order valence-electron chi connectivity index (χ3n) is 3.56. The molecule has 0 bridgehead atoms. The van der Waals surface area contributed by atoms with Crippen LogP contribution in [0.5, 0.6) is 0 Å². The first kappa shape index (κ1) is 14.1. The number of ether oxygens (including phenoxy) is 1. The maximum atomic E-state index is 5.82. The molecule has 17 heavy (non-hydrogen) atoms. The lowest BCUT2D eigenvalue weighted by Gasteiger charge is -2.39. The molecule has 0 saturated carbocycles. The number of likely N-dealkylation sites (N-methyl/N-ethyl adjacent to an activating group) is 1. The minimum Gasteiger partial charge on any atom is -0.376 e. The van der Waals surface area contributed by atoms with E-state index < -0.39 is 0 Å². The van der Waals surface area contributed by atoms with Crippen LogP contribution in [0.25, 0.3) is 0 Å². The zero-order valence-corrected chi connectivity index (χ0v) is 11.4. The van der Waals surface area contributed by atoms with E-state index in [0.717, 1.165) is 19.4 Å². The molecule has 1 rings (SSSR count). The van der Waals surface area contributed by atoms with E-state index >= 15 is 0 Å². The van der Waals surface area contributed by atoms with Crippen molar-refractivity contribution in [1.29, 1.82) is 0 Å². The fourth-order valence-electron chi connectivity index (χ4n) is 2.42. The Bertz CT molecular complexity index is 301. The van der Waals surface area contributed by atoms with Crippen LogP contribution in [-0.4, -0.2) is 24.2 Å². The molecule has 1 unspecified atom stereocenters. The summed E-state index contributed by atoms with van der Waals surface area (Å²) in [7, 11) is 1.80. The van der Waals surface area contributed by atoms with Gasteiger partial charge in [0.2, 0.25) is 0 Å². The molecule has 0 radical (unpaired) electrons. The van der Waals surface area contributed by atoms with Gasteiger partial charge < -0.3 is 10.1 Å². The summed E-state index contributed by atoms with van der Waals surface area (Å²) in [6.07, 6.45) is 5.68. The Morgan fingerprint density at radius 2 is 2.06 bits per heavy atom. The molecule has 3 nitrogen and oxygen atoms in total. The fourth-order valence-corrected chi connectivity index (χ4v) is 2.42. The minimum atomic E-state index is -0.154. The molecular weight excluding hydrogens is 212 g/mol. The summed E-state index contributed by atoms with van der Waals surface area (Å²) in [5.41, 5.74) is 1.04. The Hall–Kier alpha value is -0.930. The second-order valence-electron chi connectivity index (χ2n) is 4.25. The molecule has 0 aliphatic heterocycles. The topological polar surface area (TPSA) is 34.2 Å². The number of rotatable bonds is 7. The van der Waals surface area contributed by atoms with Gasteiger partial charge in [0.05, 0.1) is 11.6 Å². The van der Waals surface area contributed by atoms with Gasteiger partial charge in [0.1, 0.15) is 0 Å². The Morgan fingerprint density at radius 1 is 1.35 bits per heavy atom. The third-order valence-corrected chi connectivity index (χ3v) is 3.56. The SMILES string of the molecule is CCNC(c1cccnc1)C(CC)(CC)OC. The summed E-state index contributed by atoms with van der Waals surface area (Å²) in [5, 5.41) is 3.53. The van der Waals surface area contributed by atoms with Gasteiger partial charge >= 0.3 is 0 Å². The summed E-state index contributed by atoms with van der Waals surface area (Å²) in [6.45, 7) is 7.39. The fraction of sp³-hybridized carbons (Fsp3) is 0.643. The molecule has 1 aromatic rings. The van der Waals surface area contributed by atoms with Crippen LogP contribution in [0.4, 0.5) is 0 Å². The van der Waals surface area contributed by atoms with Crippen LogP contribution in [-0.2, 0) is 4.74 Å². The molecule has 0 aliphatic rings. The smallest absolute Gasteiger partial charge is 0.0867 e. The lowest BCUT2D eigenvalue weighted by Crippen LogP contribution is -2.44. The normalized spacial score (nSPS) is 13.6. The molecule has 1 atom stereocenters. The van der Waals surface area contributed by atoms with Crippen molar-refractivity contribution in [2.45, 2.75) is 45.3 Å². The van der Waals surface area contributed by atoms with E-state index in [0.29, 0.717) is 0 Å². The van der Waals surface area contributed by atoms with E-state index in [1.165, 1.54) is 5.56 Å².